The van der Waals surface area contributed by atoms with Crippen molar-refractivity contribution in [1.82, 2.24) is 19.5 Å². The molecule has 2 heterocycles. The molecule has 4 nitrogen and oxygen atoms in total. The molecule has 0 saturated carbocycles. The summed E-state index contributed by atoms with van der Waals surface area (Å²) < 4.78 is 2.47. The Balaban J connectivity index is 1.18. The lowest BCUT2D eigenvalue weighted by Gasteiger charge is -2.20. The molecule has 0 aliphatic carbocycles. The van der Waals surface area contributed by atoms with Gasteiger partial charge in [-0.25, -0.2) is 15.0 Å². The molecule has 0 N–H and O–H groups in total. The molecule has 0 aliphatic heterocycles. The Morgan fingerprint density at radius 1 is 0.328 bits per heavy atom. The minimum Gasteiger partial charge on any atom is -0.309 e. The predicted molar refractivity (Wildman–Crippen MR) is 256 cm³/mol. The summed E-state index contributed by atoms with van der Waals surface area (Å²) in [6.07, 6.45) is 0. The molecule has 2 aromatic heterocycles. The first-order chi connectivity index (χ1) is 29.5. The lowest BCUT2D eigenvalue weighted by Crippen LogP contribution is -2.10. The number of rotatable bonds is 6. The van der Waals surface area contributed by atoms with Crippen molar-refractivity contribution in [2.24, 2.45) is 0 Å². The number of aromatic nitrogens is 4. The fraction of sp³-hybridized carbons (Fsp3) is 0.140. The van der Waals surface area contributed by atoms with Gasteiger partial charge in [0.15, 0.2) is 17.5 Å². The summed E-state index contributed by atoms with van der Waals surface area (Å²) in [7, 11) is 0. The molecule has 296 valence electrons. The SMILES string of the molecule is CC(C)(C)c1ccc2c(c1)c1cc(C(C)(C)C)ccc1n2-c1ccccc1-c1ccc(-c2nc(-c3ccccc3)nc(-c3ccccc3-c3ccccc3)n2)c2ccccc12. The van der Waals surface area contributed by atoms with Gasteiger partial charge in [-0.2, -0.15) is 0 Å². The van der Waals surface area contributed by atoms with Crippen molar-refractivity contribution in [2.45, 2.75) is 52.4 Å². The second kappa shape index (κ2) is 14.8. The van der Waals surface area contributed by atoms with Gasteiger partial charge in [0, 0.05) is 33.0 Å². The zero-order valence-corrected chi connectivity index (χ0v) is 35.6. The molecule has 10 rings (SSSR count). The monoisotopic (exact) mass is 788 g/mol. The molecule has 0 atom stereocenters. The van der Waals surface area contributed by atoms with Gasteiger partial charge in [-0.1, -0.05) is 187 Å². The zero-order valence-electron chi connectivity index (χ0n) is 35.6. The van der Waals surface area contributed by atoms with Crippen LogP contribution in [0, 0.1) is 0 Å². The van der Waals surface area contributed by atoms with Crippen LogP contribution in [-0.2, 0) is 10.8 Å². The van der Waals surface area contributed by atoms with E-state index < -0.39 is 0 Å². The van der Waals surface area contributed by atoms with Crippen LogP contribution in [0.5, 0.6) is 0 Å². The van der Waals surface area contributed by atoms with E-state index in [1.807, 2.05) is 24.3 Å². The van der Waals surface area contributed by atoms with Gasteiger partial charge in [-0.05, 0) is 85.8 Å². The second-order valence-electron chi connectivity index (χ2n) is 18.1. The van der Waals surface area contributed by atoms with Gasteiger partial charge in [-0.3, -0.25) is 0 Å². The van der Waals surface area contributed by atoms with Gasteiger partial charge >= 0.3 is 0 Å². The van der Waals surface area contributed by atoms with Crippen molar-refractivity contribution in [1.29, 1.82) is 0 Å². The Labute approximate surface area is 358 Å². The smallest absolute Gasteiger partial charge is 0.164 e. The molecule has 8 aromatic carbocycles. The maximum atomic E-state index is 5.29. The Bertz CT molecular complexity index is 3180. The molecule has 0 aliphatic rings. The summed E-state index contributed by atoms with van der Waals surface area (Å²) in [5.41, 5.74) is 13.6. The molecular formula is C57H48N4. The molecule has 0 spiro atoms. The van der Waals surface area contributed by atoms with Crippen LogP contribution in [0.3, 0.4) is 0 Å². The van der Waals surface area contributed by atoms with E-state index in [0.717, 1.165) is 55.4 Å². The average molecular weight is 789 g/mol. The summed E-state index contributed by atoms with van der Waals surface area (Å²) in [4.78, 5) is 15.6. The van der Waals surface area contributed by atoms with Crippen molar-refractivity contribution < 1.29 is 0 Å². The van der Waals surface area contributed by atoms with Crippen molar-refractivity contribution in [3.05, 3.63) is 193 Å². The molecule has 0 fully saturated rings. The number of nitrogens with zero attached hydrogens (tertiary/aromatic N) is 4. The fourth-order valence-corrected chi connectivity index (χ4v) is 8.72. The maximum absolute atomic E-state index is 5.29. The summed E-state index contributed by atoms with van der Waals surface area (Å²) in [6.45, 7) is 13.8. The van der Waals surface area contributed by atoms with Gasteiger partial charge in [0.25, 0.3) is 0 Å². The first-order valence-electron chi connectivity index (χ1n) is 21.2. The van der Waals surface area contributed by atoms with Gasteiger partial charge in [0.05, 0.1) is 16.7 Å². The molecule has 10 aromatic rings. The van der Waals surface area contributed by atoms with Crippen LogP contribution >= 0.6 is 0 Å². The van der Waals surface area contributed by atoms with Gasteiger partial charge in [-0.15, -0.1) is 0 Å². The molecular weight excluding hydrogens is 741 g/mol. The first-order valence-corrected chi connectivity index (χ1v) is 21.2. The number of fused-ring (bicyclic) bond motifs is 4. The highest BCUT2D eigenvalue weighted by molar-refractivity contribution is 6.11. The van der Waals surface area contributed by atoms with E-state index in [1.165, 1.54) is 32.9 Å². The lowest BCUT2D eigenvalue weighted by molar-refractivity contribution is 0.590. The topological polar surface area (TPSA) is 43.6 Å². The van der Waals surface area contributed by atoms with Crippen LogP contribution in [0.2, 0.25) is 0 Å². The highest BCUT2D eigenvalue weighted by Gasteiger charge is 2.23. The number of hydrogen-bond acceptors (Lipinski definition) is 3. The van der Waals surface area contributed by atoms with Gasteiger partial charge < -0.3 is 4.57 Å². The summed E-state index contributed by atoms with van der Waals surface area (Å²) in [5, 5.41) is 4.76. The third-order valence-electron chi connectivity index (χ3n) is 12.0. The summed E-state index contributed by atoms with van der Waals surface area (Å²) in [5.74, 6) is 1.91. The Kier molecular flexibility index (Phi) is 9.25. The zero-order chi connectivity index (χ0) is 41.9. The third-order valence-corrected chi connectivity index (χ3v) is 12.0. The van der Waals surface area contributed by atoms with Gasteiger partial charge in [0.2, 0.25) is 0 Å². The highest BCUT2D eigenvalue weighted by Crippen LogP contribution is 2.43. The Morgan fingerprint density at radius 2 is 0.770 bits per heavy atom. The van der Waals surface area contributed by atoms with E-state index in [0.29, 0.717) is 17.5 Å². The van der Waals surface area contributed by atoms with Crippen LogP contribution in [0.1, 0.15) is 52.7 Å². The van der Waals surface area contributed by atoms with E-state index in [1.54, 1.807) is 0 Å². The molecule has 0 radical (unpaired) electrons. The minimum atomic E-state index is 0.0231. The molecule has 61 heavy (non-hydrogen) atoms. The van der Waals surface area contributed by atoms with Crippen LogP contribution < -0.4 is 0 Å². The predicted octanol–water partition coefficient (Wildman–Crippen LogP) is 15.1. The number of para-hydroxylation sites is 1. The van der Waals surface area contributed by atoms with Crippen molar-refractivity contribution >= 4 is 32.6 Å². The second-order valence-corrected chi connectivity index (χ2v) is 18.1. The molecule has 0 unspecified atom stereocenters. The molecule has 0 amide bonds. The normalized spacial score (nSPS) is 12.1. The quantitative estimate of drug-likeness (QED) is 0.169. The average Bonchev–Trinajstić information content (AvgIpc) is 3.61. The highest BCUT2D eigenvalue weighted by atomic mass is 15.0. The number of benzene rings is 8. The number of hydrogen-bond donors (Lipinski definition) is 0. The fourth-order valence-electron chi connectivity index (χ4n) is 8.72. The van der Waals surface area contributed by atoms with Crippen LogP contribution in [0.25, 0.3) is 94.7 Å². The standard InChI is InChI=1S/C57H48N4/c1-56(2,3)39-29-33-51-48(35-39)49-36-40(57(4,5)6)30-34-52(49)61(51)50-28-18-17-26-45(50)44-31-32-47(43-25-15-14-24-42(43)44)55-59-53(38-21-11-8-12-22-38)58-54(60-55)46-27-16-13-23-41(46)37-19-9-7-10-20-37/h7-36H,1-6H3. The molecule has 4 heteroatoms. The van der Waals surface area contributed by atoms with Crippen molar-refractivity contribution in [3.8, 4) is 62.1 Å². The van der Waals surface area contributed by atoms with E-state index in [2.05, 4.69) is 204 Å². The Hall–Kier alpha value is -7.17. The third kappa shape index (κ3) is 6.88. The van der Waals surface area contributed by atoms with Gasteiger partial charge in [0.1, 0.15) is 0 Å². The van der Waals surface area contributed by atoms with Crippen molar-refractivity contribution in [2.75, 3.05) is 0 Å². The van der Waals surface area contributed by atoms with E-state index in [9.17, 15) is 0 Å². The van der Waals surface area contributed by atoms with E-state index in [-0.39, 0.29) is 10.8 Å². The minimum absolute atomic E-state index is 0.0231. The first kappa shape index (κ1) is 38.1. The lowest BCUT2D eigenvalue weighted by atomic mass is 9.85. The summed E-state index contributed by atoms with van der Waals surface area (Å²) >= 11 is 0. The van der Waals surface area contributed by atoms with Crippen LogP contribution in [0.15, 0.2) is 182 Å². The van der Waals surface area contributed by atoms with Crippen LogP contribution in [-0.4, -0.2) is 19.5 Å². The molecule has 0 saturated heterocycles. The summed E-state index contributed by atoms with van der Waals surface area (Å²) in [6, 6.07) is 65.1. The largest absolute Gasteiger partial charge is 0.309 e. The van der Waals surface area contributed by atoms with E-state index in [4.69, 9.17) is 15.0 Å². The Morgan fingerprint density at radius 3 is 1.36 bits per heavy atom. The molecule has 0 bridgehead atoms. The van der Waals surface area contributed by atoms with Crippen LogP contribution in [0.4, 0.5) is 0 Å². The van der Waals surface area contributed by atoms with Crippen molar-refractivity contribution in [3.63, 3.8) is 0 Å². The van der Waals surface area contributed by atoms with E-state index >= 15 is 0 Å². The maximum Gasteiger partial charge on any atom is 0.164 e.